The van der Waals surface area contributed by atoms with Crippen molar-refractivity contribution in [2.24, 2.45) is 0 Å². The molecule has 1 atom stereocenters. The SMILES string of the molecule is CCOC(O)c1cc2ccc(C3CCC3)c(Br)c2nc1OC. The molecule has 0 aliphatic heterocycles. The zero-order valence-corrected chi connectivity index (χ0v) is 14.4. The number of aliphatic hydroxyl groups excluding tert-OH is 1. The van der Waals surface area contributed by atoms with E-state index in [-0.39, 0.29) is 0 Å². The van der Waals surface area contributed by atoms with E-state index < -0.39 is 6.29 Å². The second-order valence-electron chi connectivity index (χ2n) is 5.56. The summed E-state index contributed by atoms with van der Waals surface area (Å²) in [7, 11) is 1.56. The summed E-state index contributed by atoms with van der Waals surface area (Å²) in [4.78, 5) is 4.59. The zero-order chi connectivity index (χ0) is 15.7. The molecule has 4 nitrogen and oxygen atoms in total. The molecule has 1 fully saturated rings. The summed E-state index contributed by atoms with van der Waals surface area (Å²) in [6.45, 7) is 2.26. The van der Waals surface area contributed by atoms with Gasteiger partial charge in [0.1, 0.15) is 0 Å². The largest absolute Gasteiger partial charge is 0.481 e. The minimum Gasteiger partial charge on any atom is -0.481 e. The topological polar surface area (TPSA) is 51.6 Å². The first kappa shape index (κ1) is 15.7. The average molecular weight is 366 g/mol. The van der Waals surface area contributed by atoms with Crippen LogP contribution < -0.4 is 4.74 Å². The fourth-order valence-corrected chi connectivity index (χ4v) is 3.62. The Labute approximate surface area is 138 Å². The van der Waals surface area contributed by atoms with Crippen LogP contribution in [0, 0.1) is 0 Å². The van der Waals surface area contributed by atoms with Gasteiger partial charge in [0.2, 0.25) is 5.88 Å². The smallest absolute Gasteiger partial charge is 0.222 e. The zero-order valence-electron chi connectivity index (χ0n) is 12.8. The number of aliphatic hydroxyl groups is 1. The van der Waals surface area contributed by atoms with Crippen LogP contribution in [0.4, 0.5) is 0 Å². The molecule has 0 bridgehead atoms. The number of fused-ring (bicyclic) bond motifs is 1. The van der Waals surface area contributed by atoms with E-state index in [0.29, 0.717) is 24.0 Å². The van der Waals surface area contributed by atoms with E-state index in [9.17, 15) is 5.11 Å². The van der Waals surface area contributed by atoms with Gasteiger partial charge in [-0.2, -0.15) is 0 Å². The van der Waals surface area contributed by atoms with Gasteiger partial charge < -0.3 is 14.6 Å². The number of methoxy groups -OCH3 is 1. The third kappa shape index (κ3) is 2.73. The third-order valence-corrected chi connectivity index (χ3v) is 5.11. The molecule has 0 radical (unpaired) electrons. The highest BCUT2D eigenvalue weighted by Gasteiger charge is 2.24. The molecular formula is C17H20BrNO3. The van der Waals surface area contributed by atoms with E-state index in [1.165, 1.54) is 24.8 Å². The monoisotopic (exact) mass is 365 g/mol. The Bertz CT molecular complexity index is 685. The molecule has 1 aromatic heterocycles. The number of pyridine rings is 1. The van der Waals surface area contributed by atoms with Gasteiger partial charge in [-0.1, -0.05) is 18.6 Å². The fraction of sp³-hybridized carbons (Fsp3) is 0.471. The van der Waals surface area contributed by atoms with Gasteiger partial charge in [0.05, 0.1) is 18.2 Å². The highest BCUT2D eigenvalue weighted by Crippen LogP contribution is 2.42. The van der Waals surface area contributed by atoms with Crippen molar-refractivity contribution in [2.45, 2.75) is 38.4 Å². The summed E-state index contributed by atoms with van der Waals surface area (Å²) in [6, 6.07) is 6.10. The van der Waals surface area contributed by atoms with Crippen molar-refractivity contribution in [1.29, 1.82) is 0 Å². The van der Waals surface area contributed by atoms with Crippen molar-refractivity contribution >= 4 is 26.8 Å². The first-order valence-corrected chi connectivity index (χ1v) is 8.41. The molecule has 1 aliphatic carbocycles. The lowest BCUT2D eigenvalue weighted by atomic mass is 9.80. The van der Waals surface area contributed by atoms with Gasteiger partial charge in [-0.15, -0.1) is 0 Å². The van der Waals surface area contributed by atoms with Crippen molar-refractivity contribution in [3.8, 4) is 5.88 Å². The molecule has 1 aromatic carbocycles. The quantitative estimate of drug-likeness (QED) is 0.802. The minimum atomic E-state index is -1.03. The molecule has 1 aliphatic rings. The predicted molar refractivity (Wildman–Crippen MR) is 89.2 cm³/mol. The summed E-state index contributed by atoms with van der Waals surface area (Å²) >= 11 is 3.70. The highest BCUT2D eigenvalue weighted by molar-refractivity contribution is 9.10. The minimum absolute atomic E-state index is 0.403. The molecular weight excluding hydrogens is 346 g/mol. The summed E-state index contributed by atoms with van der Waals surface area (Å²) in [5, 5.41) is 11.1. The maximum absolute atomic E-state index is 10.1. The number of benzene rings is 1. The van der Waals surface area contributed by atoms with Crippen molar-refractivity contribution < 1.29 is 14.6 Å². The number of halogens is 1. The van der Waals surface area contributed by atoms with Gasteiger partial charge >= 0.3 is 0 Å². The molecule has 0 amide bonds. The van der Waals surface area contributed by atoms with Crippen LogP contribution in [0.2, 0.25) is 0 Å². The van der Waals surface area contributed by atoms with Crippen molar-refractivity contribution in [3.05, 3.63) is 33.8 Å². The molecule has 0 spiro atoms. The lowest BCUT2D eigenvalue weighted by Gasteiger charge is -2.27. The molecule has 3 rings (SSSR count). The van der Waals surface area contributed by atoms with Crippen LogP contribution in [0.25, 0.3) is 10.9 Å². The first-order valence-electron chi connectivity index (χ1n) is 7.62. The maximum atomic E-state index is 10.1. The van der Waals surface area contributed by atoms with Gasteiger partial charge in [-0.25, -0.2) is 4.98 Å². The van der Waals surface area contributed by atoms with Crippen LogP contribution >= 0.6 is 15.9 Å². The lowest BCUT2D eigenvalue weighted by molar-refractivity contribution is -0.0991. The maximum Gasteiger partial charge on any atom is 0.222 e. The summed E-state index contributed by atoms with van der Waals surface area (Å²) in [5.41, 5.74) is 2.74. The van der Waals surface area contributed by atoms with E-state index in [0.717, 1.165) is 15.4 Å². The molecule has 1 heterocycles. The standard InChI is InChI=1S/C17H20BrNO3/c1-3-22-17(20)13-9-11-7-8-12(10-5-4-6-10)14(18)15(11)19-16(13)21-2/h7-10,17,20H,3-6H2,1-2H3. The van der Waals surface area contributed by atoms with E-state index >= 15 is 0 Å². The average Bonchev–Trinajstić information content (AvgIpc) is 2.47. The van der Waals surface area contributed by atoms with Crippen LogP contribution in [-0.4, -0.2) is 23.8 Å². The Morgan fingerprint density at radius 3 is 2.77 bits per heavy atom. The second kappa shape index (κ2) is 6.52. The van der Waals surface area contributed by atoms with E-state index in [2.05, 4.69) is 33.0 Å². The number of hydrogen-bond donors (Lipinski definition) is 1. The van der Waals surface area contributed by atoms with Crippen LogP contribution in [0.15, 0.2) is 22.7 Å². The van der Waals surface area contributed by atoms with Gasteiger partial charge in [0.15, 0.2) is 6.29 Å². The Hall–Kier alpha value is -1.17. The van der Waals surface area contributed by atoms with Crippen LogP contribution in [0.1, 0.15) is 49.5 Å². The molecule has 118 valence electrons. The van der Waals surface area contributed by atoms with Crippen molar-refractivity contribution in [1.82, 2.24) is 4.98 Å². The highest BCUT2D eigenvalue weighted by atomic mass is 79.9. The number of rotatable bonds is 5. The Balaban J connectivity index is 2.10. The first-order chi connectivity index (χ1) is 10.7. The van der Waals surface area contributed by atoms with E-state index in [1.807, 2.05) is 13.0 Å². The predicted octanol–water partition coefficient (Wildman–Crippen LogP) is 4.30. The normalized spacial score (nSPS) is 16.5. The molecule has 0 saturated heterocycles. The molecule has 1 saturated carbocycles. The molecule has 1 N–H and O–H groups in total. The van der Waals surface area contributed by atoms with Gasteiger partial charge in [0.25, 0.3) is 0 Å². The number of hydrogen-bond acceptors (Lipinski definition) is 4. The fourth-order valence-electron chi connectivity index (χ4n) is 2.84. The molecule has 5 heteroatoms. The van der Waals surface area contributed by atoms with Gasteiger partial charge in [-0.05, 0) is 53.2 Å². The Kier molecular flexibility index (Phi) is 4.66. The summed E-state index contributed by atoms with van der Waals surface area (Å²) < 4.78 is 11.6. The third-order valence-electron chi connectivity index (χ3n) is 4.28. The second-order valence-corrected chi connectivity index (χ2v) is 6.36. The Morgan fingerprint density at radius 1 is 1.41 bits per heavy atom. The van der Waals surface area contributed by atoms with Gasteiger partial charge in [-0.3, -0.25) is 0 Å². The van der Waals surface area contributed by atoms with Gasteiger partial charge in [0, 0.05) is 16.5 Å². The van der Waals surface area contributed by atoms with E-state index in [4.69, 9.17) is 9.47 Å². The number of nitrogens with zero attached hydrogens (tertiary/aromatic N) is 1. The number of ether oxygens (including phenoxy) is 2. The van der Waals surface area contributed by atoms with Crippen LogP contribution in [0.3, 0.4) is 0 Å². The van der Waals surface area contributed by atoms with E-state index in [1.54, 1.807) is 7.11 Å². The van der Waals surface area contributed by atoms with Crippen LogP contribution in [0.5, 0.6) is 5.88 Å². The molecule has 1 unspecified atom stereocenters. The van der Waals surface area contributed by atoms with Crippen LogP contribution in [-0.2, 0) is 4.74 Å². The summed E-state index contributed by atoms with van der Waals surface area (Å²) in [6.07, 6.45) is 2.75. The van der Waals surface area contributed by atoms with Crippen molar-refractivity contribution in [2.75, 3.05) is 13.7 Å². The lowest BCUT2D eigenvalue weighted by Crippen LogP contribution is -2.10. The molecule has 22 heavy (non-hydrogen) atoms. The molecule has 2 aromatic rings. The Morgan fingerprint density at radius 2 is 2.18 bits per heavy atom. The summed E-state index contributed by atoms with van der Waals surface area (Å²) in [5.74, 6) is 1.03. The van der Waals surface area contributed by atoms with Crippen molar-refractivity contribution in [3.63, 3.8) is 0 Å². The number of aromatic nitrogens is 1.